The number of hydrogen-bond donors (Lipinski definition) is 1. The number of Topliss-reactive ketones (excluding diaryl/α,β-unsaturated/α-hetero) is 1. The van der Waals surface area contributed by atoms with Gasteiger partial charge in [0.1, 0.15) is 0 Å². The Kier molecular flexibility index (Phi) is 2.25. The molecule has 0 saturated carbocycles. The van der Waals surface area contributed by atoms with E-state index in [1.165, 1.54) is 0 Å². The number of anilines is 1. The molecule has 0 spiro atoms. The molecule has 74 valence electrons. The lowest BCUT2D eigenvalue weighted by Crippen LogP contribution is -2.11. The van der Waals surface area contributed by atoms with Gasteiger partial charge in [-0.3, -0.25) is 4.79 Å². The first kappa shape index (κ1) is 9.21. The Balaban J connectivity index is 2.19. The van der Waals surface area contributed by atoms with Crippen LogP contribution in [0.4, 0.5) is 5.69 Å². The molecule has 3 nitrogen and oxygen atoms in total. The molecule has 1 aliphatic rings. The summed E-state index contributed by atoms with van der Waals surface area (Å²) < 4.78 is 0. The first-order valence-electron chi connectivity index (χ1n) is 4.80. The van der Waals surface area contributed by atoms with Gasteiger partial charge in [0.05, 0.1) is 6.04 Å². The molecule has 14 heavy (non-hydrogen) atoms. The first-order valence-corrected chi connectivity index (χ1v) is 4.80. The summed E-state index contributed by atoms with van der Waals surface area (Å²) in [7, 11) is 0. The van der Waals surface area contributed by atoms with Crippen molar-refractivity contribution >= 4 is 11.5 Å². The largest absolute Gasteiger partial charge is 0.363 e. The predicted octanol–water partition coefficient (Wildman–Crippen LogP) is 1.04. The Morgan fingerprint density at radius 2 is 2.43 bits per heavy atom. The number of nitrogens with two attached hydrogens (primary N) is 1. The highest BCUT2D eigenvalue weighted by Gasteiger charge is 2.32. The van der Waals surface area contributed by atoms with E-state index >= 15 is 0 Å². The SMILES string of the molecule is CC(=O)c1cccc(N2CC2CN)c1. The van der Waals surface area contributed by atoms with Gasteiger partial charge in [0.25, 0.3) is 0 Å². The topological polar surface area (TPSA) is 46.1 Å². The second-order valence-corrected chi connectivity index (χ2v) is 3.65. The van der Waals surface area contributed by atoms with Gasteiger partial charge in [-0.15, -0.1) is 0 Å². The Morgan fingerprint density at radius 3 is 3.00 bits per heavy atom. The number of ketones is 1. The van der Waals surface area contributed by atoms with Crippen LogP contribution in [0.25, 0.3) is 0 Å². The van der Waals surface area contributed by atoms with Crippen LogP contribution < -0.4 is 10.6 Å². The van der Waals surface area contributed by atoms with Crippen molar-refractivity contribution in [3.63, 3.8) is 0 Å². The molecule has 1 aliphatic heterocycles. The third kappa shape index (κ3) is 1.63. The zero-order chi connectivity index (χ0) is 10.1. The van der Waals surface area contributed by atoms with Crippen LogP contribution in [-0.4, -0.2) is 24.9 Å². The molecular formula is C11H14N2O. The maximum absolute atomic E-state index is 11.1. The lowest BCUT2D eigenvalue weighted by Gasteiger charge is -2.05. The molecule has 1 unspecified atom stereocenters. The van der Waals surface area contributed by atoms with Crippen LogP contribution >= 0.6 is 0 Å². The maximum atomic E-state index is 11.1. The summed E-state index contributed by atoms with van der Waals surface area (Å²) in [6.45, 7) is 3.28. The van der Waals surface area contributed by atoms with Gasteiger partial charge in [0.15, 0.2) is 5.78 Å². The third-order valence-electron chi connectivity index (χ3n) is 2.57. The highest BCUT2D eigenvalue weighted by molar-refractivity contribution is 5.95. The number of hydrogen-bond acceptors (Lipinski definition) is 3. The molecule has 2 rings (SSSR count). The molecule has 3 heteroatoms. The van der Waals surface area contributed by atoms with Crippen LogP contribution in [0, 0.1) is 0 Å². The number of nitrogens with zero attached hydrogens (tertiary/aromatic N) is 1. The molecule has 1 aromatic carbocycles. The first-order chi connectivity index (χ1) is 6.72. The van der Waals surface area contributed by atoms with Crippen molar-refractivity contribution in [1.82, 2.24) is 0 Å². The van der Waals surface area contributed by atoms with E-state index in [9.17, 15) is 4.79 Å². The molecule has 1 fully saturated rings. The van der Waals surface area contributed by atoms with Gasteiger partial charge in [0.2, 0.25) is 0 Å². The Morgan fingerprint density at radius 1 is 1.64 bits per heavy atom. The minimum Gasteiger partial charge on any atom is -0.363 e. The van der Waals surface area contributed by atoms with Crippen molar-refractivity contribution in [2.24, 2.45) is 5.73 Å². The maximum Gasteiger partial charge on any atom is 0.159 e. The van der Waals surface area contributed by atoms with Crippen LogP contribution in [0.3, 0.4) is 0 Å². The smallest absolute Gasteiger partial charge is 0.159 e. The van der Waals surface area contributed by atoms with Crippen molar-refractivity contribution in [2.75, 3.05) is 18.0 Å². The molecule has 0 bridgehead atoms. The van der Waals surface area contributed by atoms with E-state index in [0.717, 1.165) is 17.8 Å². The third-order valence-corrected chi connectivity index (χ3v) is 2.57. The minimum atomic E-state index is 0.109. The van der Waals surface area contributed by atoms with E-state index in [-0.39, 0.29) is 5.78 Å². The zero-order valence-corrected chi connectivity index (χ0v) is 8.23. The quantitative estimate of drug-likeness (QED) is 0.572. The van der Waals surface area contributed by atoms with Crippen LogP contribution in [0.15, 0.2) is 24.3 Å². The summed E-state index contributed by atoms with van der Waals surface area (Å²) in [5.41, 5.74) is 7.42. The molecule has 1 saturated heterocycles. The normalized spacial score (nSPS) is 19.6. The molecule has 1 heterocycles. The molecule has 0 amide bonds. The van der Waals surface area contributed by atoms with Crippen molar-refractivity contribution in [3.8, 4) is 0 Å². The van der Waals surface area contributed by atoms with E-state index in [1.54, 1.807) is 6.92 Å². The minimum absolute atomic E-state index is 0.109. The average Bonchev–Trinajstić information content (AvgIpc) is 2.97. The predicted molar refractivity (Wildman–Crippen MR) is 56.6 cm³/mol. The molecule has 2 N–H and O–H groups in total. The highest BCUT2D eigenvalue weighted by atomic mass is 16.1. The molecule has 0 radical (unpaired) electrons. The van der Waals surface area contributed by atoms with Gasteiger partial charge < -0.3 is 10.6 Å². The van der Waals surface area contributed by atoms with E-state index in [1.807, 2.05) is 24.3 Å². The molecule has 1 aromatic rings. The van der Waals surface area contributed by atoms with E-state index < -0.39 is 0 Å². The van der Waals surface area contributed by atoms with Crippen LogP contribution in [0.5, 0.6) is 0 Å². The Bertz CT molecular complexity index is 362. The summed E-state index contributed by atoms with van der Waals surface area (Å²) >= 11 is 0. The fraction of sp³-hybridized carbons (Fsp3) is 0.364. The van der Waals surface area contributed by atoms with E-state index in [2.05, 4.69) is 4.90 Å². The lowest BCUT2D eigenvalue weighted by molar-refractivity contribution is 0.101. The second-order valence-electron chi connectivity index (χ2n) is 3.65. The second kappa shape index (κ2) is 3.42. The summed E-state index contributed by atoms with van der Waals surface area (Å²) in [4.78, 5) is 13.3. The van der Waals surface area contributed by atoms with E-state index in [4.69, 9.17) is 5.73 Å². The monoisotopic (exact) mass is 190 g/mol. The molecule has 0 aliphatic carbocycles. The Hall–Kier alpha value is -1.35. The fourth-order valence-electron chi connectivity index (χ4n) is 1.60. The van der Waals surface area contributed by atoms with Gasteiger partial charge in [0, 0.05) is 24.3 Å². The number of carbonyl (C=O) groups excluding carboxylic acids is 1. The zero-order valence-electron chi connectivity index (χ0n) is 8.23. The molecule has 1 atom stereocenters. The molecule has 0 aromatic heterocycles. The van der Waals surface area contributed by atoms with Crippen molar-refractivity contribution in [1.29, 1.82) is 0 Å². The standard InChI is InChI=1S/C11H14N2O/c1-8(14)9-3-2-4-10(5-9)13-7-11(13)6-12/h2-5,11H,6-7,12H2,1H3. The number of rotatable bonds is 3. The van der Waals surface area contributed by atoms with Crippen LogP contribution in [-0.2, 0) is 0 Å². The highest BCUT2D eigenvalue weighted by Crippen LogP contribution is 2.27. The summed E-state index contributed by atoms with van der Waals surface area (Å²) in [5, 5.41) is 0. The van der Waals surface area contributed by atoms with Crippen molar-refractivity contribution in [2.45, 2.75) is 13.0 Å². The van der Waals surface area contributed by atoms with Gasteiger partial charge >= 0.3 is 0 Å². The van der Waals surface area contributed by atoms with Gasteiger partial charge in [-0.1, -0.05) is 12.1 Å². The van der Waals surface area contributed by atoms with Gasteiger partial charge in [-0.25, -0.2) is 0 Å². The van der Waals surface area contributed by atoms with Gasteiger partial charge in [-0.05, 0) is 19.1 Å². The lowest BCUT2D eigenvalue weighted by atomic mass is 10.1. The van der Waals surface area contributed by atoms with Gasteiger partial charge in [-0.2, -0.15) is 0 Å². The van der Waals surface area contributed by atoms with Crippen LogP contribution in [0.1, 0.15) is 17.3 Å². The Labute approximate surface area is 83.5 Å². The number of carbonyl (C=O) groups is 1. The average molecular weight is 190 g/mol. The van der Waals surface area contributed by atoms with Crippen molar-refractivity contribution < 1.29 is 4.79 Å². The van der Waals surface area contributed by atoms with Crippen LogP contribution in [0.2, 0.25) is 0 Å². The van der Waals surface area contributed by atoms with E-state index in [0.29, 0.717) is 12.6 Å². The summed E-state index contributed by atoms with van der Waals surface area (Å²) in [5.74, 6) is 0.109. The summed E-state index contributed by atoms with van der Waals surface area (Å²) in [6.07, 6.45) is 0. The van der Waals surface area contributed by atoms with Crippen molar-refractivity contribution in [3.05, 3.63) is 29.8 Å². The summed E-state index contributed by atoms with van der Waals surface area (Å²) in [6, 6.07) is 8.17. The fourth-order valence-corrected chi connectivity index (χ4v) is 1.60. The number of benzene rings is 1. The molecular weight excluding hydrogens is 176 g/mol.